The third-order valence-corrected chi connectivity index (χ3v) is 8.84. The minimum absolute atomic E-state index is 0.0115. The van der Waals surface area contributed by atoms with Crippen molar-refractivity contribution < 1.29 is 17.9 Å². The summed E-state index contributed by atoms with van der Waals surface area (Å²) in [5.41, 5.74) is 0.678. The Balaban J connectivity index is 1.51. The average Bonchev–Trinajstić information content (AvgIpc) is 3.36. The quantitative estimate of drug-likeness (QED) is 0.824. The van der Waals surface area contributed by atoms with Crippen LogP contribution in [0.1, 0.15) is 52.7 Å². The summed E-state index contributed by atoms with van der Waals surface area (Å²) in [6.45, 7) is 4.05. The van der Waals surface area contributed by atoms with E-state index in [1.165, 1.54) is 17.7 Å². The third-order valence-electron chi connectivity index (χ3n) is 5.77. The Morgan fingerprint density at radius 1 is 1.38 bits per heavy atom. The minimum Gasteiger partial charge on any atom is -0.370 e. The lowest BCUT2D eigenvalue weighted by atomic mass is 9.83. The zero-order valence-corrected chi connectivity index (χ0v) is 16.8. The molecule has 26 heavy (non-hydrogen) atoms. The molecule has 1 aliphatic carbocycles. The number of hydrogen-bond acceptors (Lipinski definition) is 5. The van der Waals surface area contributed by atoms with Crippen LogP contribution >= 0.6 is 11.3 Å². The molecule has 1 N–H and O–H groups in total. The van der Waals surface area contributed by atoms with Gasteiger partial charge in [-0.25, -0.2) is 12.7 Å². The highest BCUT2D eigenvalue weighted by Crippen LogP contribution is 2.45. The molecule has 1 spiro atoms. The third kappa shape index (κ3) is 3.44. The number of fused-ring (bicyclic) bond motifs is 2. The maximum Gasteiger partial charge on any atom is 0.261 e. The van der Waals surface area contributed by atoms with Crippen LogP contribution in [0.5, 0.6) is 0 Å². The highest BCUT2D eigenvalue weighted by molar-refractivity contribution is 7.89. The maximum atomic E-state index is 12.5. The first kappa shape index (κ1) is 18.4. The van der Waals surface area contributed by atoms with E-state index >= 15 is 0 Å². The average molecular weight is 399 g/mol. The molecule has 2 fully saturated rings. The van der Waals surface area contributed by atoms with Gasteiger partial charge in [-0.15, -0.1) is 11.3 Å². The zero-order valence-electron chi connectivity index (χ0n) is 15.1. The molecule has 0 atom stereocenters. The van der Waals surface area contributed by atoms with Crippen LogP contribution in [0.4, 0.5) is 0 Å². The Kier molecular flexibility index (Phi) is 4.88. The summed E-state index contributed by atoms with van der Waals surface area (Å²) >= 11 is 1.57. The van der Waals surface area contributed by atoms with Crippen LogP contribution in [0.2, 0.25) is 0 Å². The van der Waals surface area contributed by atoms with E-state index in [1.807, 2.05) is 6.07 Å². The van der Waals surface area contributed by atoms with E-state index in [9.17, 15) is 13.2 Å². The van der Waals surface area contributed by atoms with E-state index in [0.717, 1.165) is 23.4 Å². The van der Waals surface area contributed by atoms with Gasteiger partial charge in [0, 0.05) is 30.9 Å². The van der Waals surface area contributed by atoms with Gasteiger partial charge in [0.25, 0.3) is 5.91 Å². The number of hydrogen-bond donors (Lipinski definition) is 1. The summed E-state index contributed by atoms with van der Waals surface area (Å²) in [4.78, 5) is 14.4. The van der Waals surface area contributed by atoms with Crippen molar-refractivity contribution in [3.8, 4) is 0 Å². The van der Waals surface area contributed by atoms with Crippen molar-refractivity contribution in [3.05, 3.63) is 21.4 Å². The highest BCUT2D eigenvalue weighted by atomic mass is 32.2. The monoisotopic (exact) mass is 398 g/mol. The number of piperidine rings is 1. The molecule has 2 aliphatic heterocycles. The number of carbonyl (C=O) groups is 1. The maximum absolute atomic E-state index is 12.5. The number of thiophene rings is 1. The van der Waals surface area contributed by atoms with Crippen LogP contribution in [0.15, 0.2) is 6.07 Å². The number of sulfonamides is 1. The largest absolute Gasteiger partial charge is 0.370 e. The fourth-order valence-corrected chi connectivity index (χ4v) is 6.15. The first-order chi connectivity index (χ1) is 12.4. The Hall–Kier alpha value is -0.960. The lowest BCUT2D eigenvalue weighted by molar-refractivity contribution is -0.0882. The van der Waals surface area contributed by atoms with Gasteiger partial charge in [0.15, 0.2) is 0 Å². The summed E-state index contributed by atoms with van der Waals surface area (Å²) in [6.07, 6.45) is 4.57. The number of carbonyl (C=O) groups excluding carboxylic acids is 1. The van der Waals surface area contributed by atoms with E-state index < -0.39 is 15.6 Å². The topological polar surface area (TPSA) is 75.7 Å². The molecule has 6 nitrogen and oxygen atoms in total. The van der Waals surface area contributed by atoms with Gasteiger partial charge in [-0.3, -0.25) is 4.79 Å². The SMILES string of the molecule is CCS(=O)(=O)N1CCC2(CC1)OCCc1sc(C(=O)NCC3CC3)cc12. The normalized spacial score (nSPS) is 23.0. The summed E-state index contributed by atoms with van der Waals surface area (Å²) in [5.74, 6) is 0.807. The Bertz CT molecular complexity index is 790. The smallest absolute Gasteiger partial charge is 0.261 e. The van der Waals surface area contributed by atoms with Crippen LogP contribution in [-0.4, -0.2) is 50.6 Å². The first-order valence-electron chi connectivity index (χ1n) is 9.47. The Morgan fingerprint density at radius 2 is 2.12 bits per heavy atom. The predicted molar refractivity (Wildman–Crippen MR) is 101 cm³/mol. The van der Waals surface area contributed by atoms with Crippen molar-refractivity contribution in [1.29, 1.82) is 0 Å². The van der Waals surface area contributed by atoms with E-state index in [4.69, 9.17) is 4.74 Å². The van der Waals surface area contributed by atoms with Crippen molar-refractivity contribution in [1.82, 2.24) is 9.62 Å². The standard InChI is InChI=1S/C18H26N2O4S2/c1-2-26(22,23)20-8-6-18(7-9-20)14-11-16(25-15(14)5-10-24-18)17(21)19-12-13-3-4-13/h11,13H,2-10,12H2,1H3,(H,19,21). The lowest BCUT2D eigenvalue weighted by Crippen LogP contribution is -2.48. The lowest BCUT2D eigenvalue weighted by Gasteiger charge is -2.43. The first-order valence-corrected chi connectivity index (χ1v) is 11.9. The van der Waals surface area contributed by atoms with Gasteiger partial charge in [0.1, 0.15) is 0 Å². The van der Waals surface area contributed by atoms with Crippen molar-refractivity contribution in [2.75, 3.05) is 32.0 Å². The molecule has 0 radical (unpaired) electrons. The predicted octanol–water partition coefficient (Wildman–Crippen LogP) is 2.10. The van der Waals surface area contributed by atoms with Crippen LogP contribution in [-0.2, 0) is 26.8 Å². The second-order valence-electron chi connectivity index (χ2n) is 7.49. The Labute approximate surface area is 159 Å². The van der Waals surface area contributed by atoms with Gasteiger partial charge in [-0.05, 0) is 50.2 Å². The summed E-state index contributed by atoms with van der Waals surface area (Å²) in [7, 11) is -3.16. The molecular weight excluding hydrogens is 372 g/mol. The van der Waals surface area contributed by atoms with Crippen molar-refractivity contribution in [3.63, 3.8) is 0 Å². The number of amides is 1. The zero-order chi connectivity index (χ0) is 18.4. The molecule has 8 heteroatoms. The number of ether oxygens (including phenoxy) is 1. The molecule has 3 heterocycles. The fraction of sp³-hybridized carbons (Fsp3) is 0.722. The van der Waals surface area contributed by atoms with Crippen LogP contribution < -0.4 is 5.32 Å². The van der Waals surface area contributed by atoms with Crippen molar-refractivity contribution >= 4 is 27.3 Å². The number of nitrogens with one attached hydrogen (secondary N) is 1. The summed E-state index contributed by atoms with van der Waals surface area (Å²) in [5, 5.41) is 3.04. The molecule has 3 aliphatic rings. The fourth-order valence-electron chi connectivity index (χ4n) is 3.90. The molecule has 1 amide bonds. The van der Waals surface area contributed by atoms with Crippen LogP contribution in [0, 0.1) is 5.92 Å². The minimum atomic E-state index is -3.16. The molecule has 0 unspecified atom stereocenters. The van der Waals surface area contributed by atoms with Gasteiger partial charge in [-0.1, -0.05) is 0 Å². The number of nitrogens with zero attached hydrogens (tertiary/aromatic N) is 1. The van der Waals surface area contributed by atoms with Crippen LogP contribution in [0.25, 0.3) is 0 Å². The van der Waals surface area contributed by atoms with Crippen molar-refractivity contribution in [2.45, 2.75) is 44.6 Å². The molecule has 1 saturated carbocycles. The molecule has 4 rings (SSSR count). The molecule has 1 saturated heterocycles. The van der Waals surface area contributed by atoms with E-state index in [1.54, 1.807) is 22.6 Å². The second-order valence-corrected chi connectivity index (χ2v) is 10.9. The molecule has 1 aromatic heterocycles. The summed E-state index contributed by atoms with van der Waals surface area (Å²) in [6, 6.07) is 1.99. The van der Waals surface area contributed by atoms with Gasteiger partial charge in [-0.2, -0.15) is 0 Å². The van der Waals surface area contributed by atoms with Gasteiger partial charge >= 0.3 is 0 Å². The number of rotatable bonds is 5. The van der Waals surface area contributed by atoms with E-state index in [-0.39, 0.29) is 11.7 Å². The van der Waals surface area contributed by atoms with E-state index in [0.29, 0.717) is 38.5 Å². The summed E-state index contributed by atoms with van der Waals surface area (Å²) < 4.78 is 32.0. The van der Waals surface area contributed by atoms with Gasteiger partial charge < -0.3 is 10.1 Å². The molecule has 144 valence electrons. The van der Waals surface area contributed by atoms with Crippen molar-refractivity contribution in [2.24, 2.45) is 5.92 Å². The molecule has 0 bridgehead atoms. The highest BCUT2D eigenvalue weighted by Gasteiger charge is 2.44. The van der Waals surface area contributed by atoms with Crippen LogP contribution in [0.3, 0.4) is 0 Å². The second kappa shape index (κ2) is 6.89. The van der Waals surface area contributed by atoms with E-state index in [2.05, 4.69) is 5.32 Å². The molecule has 0 aromatic carbocycles. The molecular formula is C18H26N2O4S2. The van der Waals surface area contributed by atoms with Gasteiger partial charge in [0.2, 0.25) is 10.0 Å². The molecule has 1 aromatic rings. The Morgan fingerprint density at radius 3 is 2.77 bits per heavy atom. The van der Waals surface area contributed by atoms with Gasteiger partial charge in [0.05, 0.1) is 22.8 Å².